The number of aromatic nitrogens is 1. The van der Waals surface area contributed by atoms with Gasteiger partial charge in [0.25, 0.3) is 5.91 Å². The normalized spacial score (nSPS) is 16.1. The van der Waals surface area contributed by atoms with Crippen LogP contribution in [0.2, 0.25) is 0 Å². The molecule has 286 valence electrons. The van der Waals surface area contributed by atoms with Crippen LogP contribution in [-0.2, 0) is 32.6 Å². The molecule has 4 amide bonds. The molecule has 54 heavy (non-hydrogen) atoms. The smallest absolute Gasteiger partial charge is 0.328 e. The molecule has 3 aromatic carbocycles. The number of fused-ring (bicyclic) bond motifs is 1. The monoisotopic (exact) mass is 756 g/mol. The van der Waals surface area contributed by atoms with Crippen molar-refractivity contribution >= 4 is 45.0 Å². The molecular formula is C40H48N6O7S. The van der Waals surface area contributed by atoms with E-state index in [2.05, 4.69) is 15.5 Å². The first-order chi connectivity index (χ1) is 25.8. The van der Waals surface area contributed by atoms with Gasteiger partial charge in [-0.15, -0.1) is 0 Å². The Morgan fingerprint density at radius 1 is 0.981 bits per heavy atom. The molecule has 3 N–H and O–H groups in total. The van der Waals surface area contributed by atoms with E-state index in [0.29, 0.717) is 12.0 Å². The van der Waals surface area contributed by atoms with Gasteiger partial charge in [0.2, 0.25) is 15.9 Å². The Kier molecular flexibility index (Phi) is 13.2. The van der Waals surface area contributed by atoms with Crippen molar-refractivity contribution in [3.63, 3.8) is 0 Å². The quantitative estimate of drug-likeness (QED) is 0.0604. The number of rotatable bonds is 17. The summed E-state index contributed by atoms with van der Waals surface area (Å²) in [6, 6.07) is 21.7. The number of oxime groups is 1. The van der Waals surface area contributed by atoms with Crippen molar-refractivity contribution < 1.29 is 33.1 Å². The maximum atomic E-state index is 14.4. The van der Waals surface area contributed by atoms with Crippen molar-refractivity contribution in [2.45, 2.75) is 70.2 Å². The van der Waals surface area contributed by atoms with Crippen LogP contribution in [-0.4, -0.2) is 99.7 Å². The van der Waals surface area contributed by atoms with Crippen molar-refractivity contribution in [1.29, 1.82) is 0 Å². The zero-order valence-corrected chi connectivity index (χ0v) is 31.8. The fourth-order valence-electron chi connectivity index (χ4n) is 6.70. The summed E-state index contributed by atoms with van der Waals surface area (Å²) in [5.74, 6) is -1.46. The molecule has 1 fully saturated rings. The lowest BCUT2D eigenvalue weighted by molar-refractivity contribution is -0.129. The Hall–Kier alpha value is -5.18. The highest BCUT2D eigenvalue weighted by molar-refractivity contribution is 7.89. The van der Waals surface area contributed by atoms with Gasteiger partial charge in [0, 0.05) is 24.7 Å². The minimum Gasteiger partial charge on any atom is -0.411 e. The summed E-state index contributed by atoms with van der Waals surface area (Å²) in [6.07, 6.45) is 2.13. The van der Waals surface area contributed by atoms with Gasteiger partial charge >= 0.3 is 6.03 Å². The number of carbonyl (C=O) groups is 3. The molecular weight excluding hydrogens is 709 g/mol. The second-order valence-electron chi connectivity index (χ2n) is 14.1. The molecule has 1 aliphatic rings. The topological polar surface area (TPSA) is 173 Å². The van der Waals surface area contributed by atoms with E-state index in [1.54, 1.807) is 12.3 Å². The standard InChI is InChI=1S/C40H48N6O7S/c1-5-28(4)38(46-26-37(48)45(40(46)50)24-31-19-20-41-34-14-10-9-13-33(31)34)39(49)43-35(21-29-11-7-6-8-12-29)36(47)25-44(23-27(2)3)54(52,53)32-17-15-30(16-18-32)22-42-51/h6-20,22,27-28,35-36,38,47,51H,5,21,23-26H2,1-4H3,(H,43,49)/t28-,35-,36-,38-/m0/s1. The van der Waals surface area contributed by atoms with Gasteiger partial charge < -0.3 is 20.5 Å². The number of urea groups is 1. The van der Waals surface area contributed by atoms with Crippen LogP contribution in [0.1, 0.15) is 50.8 Å². The van der Waals surface area contributed by atoms with Gasteiger partial charge in [0.1, 0.15) is 12.6 Å². The lowest BCUT2D eigenvalue weighted by atomic mass is 9.95. The Labute approximate surface area is 316 Å². The van der Waals surface area contributed by atoms with E-state index < -0.39 is 46.1 Å². The van der Waals surface area contributed by atoms with Crippen LogP contribution in [0.5, 0.6) is 0 Å². The maximum absolute atomic E-state index is 14.4. The molecule has 0 spiro atoms. The van der Waals surface area contributed by atoms with Crippen LogP contribution in [0, 0.1) is 11.8 Å². The Bertz CT molecular complexity index is 2050. The SMILES string of the molecule is CC[C@H](C)[C@@H](C(=O)N[C@@H](Cc1ccccc1)[C@@H](O)CN(CC(C)C)S(=O)(=O)c1ccc(C=NO)cc1)N1CC(=O)N(Cc2ccnc3ccccc23)C1=O. The van der Waals surface area contributed by atoms with E-state index in [1.165, 1.54) is 39.7 Å². The molecule has 2 heterocycles. The first-order valence-corrected chi connectivity index (χ1v) is 19.5. The molecule has 0 bridgehead atoms. The molecule has 14 heteroatoms. The Balaban J connectivity index is 1.41. The van der Waals surface area contributed by atoms with Gasteiger partial charge in [-0.1, -0.05) is 99.9 Å². The highest BCUT2D eigenvalue weighted by atomic mass is 32.2. The van der Waals surface area contributed by atoms with Crippen molar-refractivity contribution in [2.75, 3.05) is 19.6 Å². The summed E-state index contributed by atoms with van der Waals surface area (Å²) in [6.45, 7) is 6.93. The minimum absolute atomic E-state index is 0.00699. The molecule has 0 saturated carbocycles. The average Bonchev–Trinajstić information content (AvgIpc) is 3.42. The van der Waals surface area contributed by atoms with Crippen LogP contribution in [0.15, 0.2) is 101 Å². The molecule has 13 nitrogen and oxygen atoms in total. The second-order valence-corrected chi connectivity index (χ2v) is 16.0. The van der Waals surface area contributed by atoms with Crippen LogP contribution >= 0.6 is 0 Å². The number of imide groups is 1. The predicted octanol–water partition coefficient (Wildman–Crippen LogP) is 4.66. The molecule has 0 aliphatic carbocycles. The van der Waals surface area contributed by atoms with E-state index in [0.717, 1.165) is 26.9 Å². The van der Waals surface area contributed by atoms with Crippen LogP contribution in [0.4, 0.5) is 4.79 Å². The van der Waals surface area contributed by atoms with Gasteiger partial charge in [-0.2, -0.15) is 4.31 Å². The van der Waals surface area contributed by atoms with Crippen molar-refractivity contribution in [2.24, 2.45) is 17.0 Å². The Morgan fingerprint density at radius 3 is 2.33 bits per heavy atom. The highest BCUT2D eigenvalue weighted by Gasteiger charge is 2.45. The first kappa shape index (κ1) is 40.0. The fourth-order valence-corrected chi connectivity index (χ4v) is 8.32. The number of aliphatic hydroxyl groups is 1. The highest BCUT2D eigenvalue weighted by Crippen LogP contribution is 2.26. The number of sulfonamides is 1. The third kappa shape index (κ3) is 9.30. The van der Waals surface area contributed by atoms with Gasteiger partial charge in [0.05, 0.1) is 35.3 Å². The third-order valence-electron chi connectivity index (χ3n) is 9.71. The second kappa shape index (κ2) is 17.8. The number of nitrogens with one attached hydrogen (secondary N) is 1. The third-order valence-corrected chi connectivity index (χ3v) is 11.6. The largest absolute Gasteiger partial charge is 0.411 e. The van der Waals surface area contributed by atoms with Gasteiger partial charge in [-0.25, -0.2) is 13.2 Å². The van der Waals surface area contributed by atoms with Crippen LogP contribution < -0.4 is 5.32 Å². The molecule has 1 aromatic heterocycles. The van der Waals surface area contributed by atoms with Crippen molar-refractivity contribution in [3.05, 3.63) is 108 Å². The van der Waals surface area contributed by atoms with Gasteiger partial charge in [0.15, 0.2) is 0 Å². The maximum Gasteiger partial charge on any atom is 0.328 e. The number of hydrogen-bond donors (Lipinski definition) is 3. The summed E-state index contributed by atoms with van der Waals surface area (Å²) in [4.78, 5) is 48.6. The molecule has 0 unspecified atom stereocenters. The molecule has 4 atom stereocenters. The van der Waals surface area contributed by atoms with E-state index >= 15 is 0 Å². The minimum atomic E-state index is -4.11. The summed E-state index contributed by atoms with van der Waals surface area (Å²) < 4.78 is 29.1. The predicted molar refractivity (Wildman–Crippen MR) is 205 cm³/mol. The zero-order valence-electron chi connectivity index (χ0n) is 30.9. The van der Waals surface area contributed by atoms with E-state index in [1.807, 2.05) is 82.3 Å². The number of pyridine rings is 1. The van der Waals surface area contributed by atoms with Gasteiger partial charge in [-0.3, -0.25) is 19.5 Å². The molecule has 1 saturated heterocycles. The van der Waals surface area contributed by atoms with Gasteiger partial charge in [-0.05, 0) is 59.2 Å². The number of benzene rings is 3. The fraction of sp³-hybridized carbons (Fsp3) is 0.375. The first-order valence-electron chi connectivity index (χ1n) is 18.1. The van der Waals surface area contributed by atoms with E-state index in [-0.39, 0.29) is 49.3 Å². The van der Waals surface area contributed by atoms with E-state index in [4.69, 9.17) is 5.21 Å². The Morgan fingerprint density at radius 2 is 1.67 bits per heavy atom. The van der Waals surface area contributed by atoms with Crippen LogP contribution in [0.25, 0.3) is 10.9 Å². The van der Waals surface area contributed by atoms with Crippen molar-refractivity contribution in [1.82, 2.24) is 24.4 Å². The van der Waals surface area contributed by atoms with E-state index in [9.17, 15) is 27.9 Å². The lowest BCUT2D eigenvalue weighted by Crippen LogP contribution is -2.57. The molecule has 0 radical (unpaired) electrons. The number of carbonyl (C=O) groups excluding carboxylic acids is 3. The number of amides is 4. The number of hydrogen-bond acceptors (Lipinski definition) is 9. The summed E-state index contributed by atoms with van der Waals surface area (Å²) in [5, 5.41) is 27.5. The molecule has 4 aromatic rings. The number of aliphatic hydroxyl groups excluding tert-OH is 1. The summed E-state index contributed by atoms with van der Waals surface area (Å²) >= 11 is 0. The molecule has 1 aliphatic heterocycles. The summed E-state index contributed by atoms with van der Waals surface area (Å²) in [5.41, 5.74) is 2.78. The lowest BCUT2D eigenvalue weighted by Gasteiger charge is -2.34. The van der Waals surface area contributed by atoms with Crippen LogP contribution in [0.3, 0.4) is 0 Å². The number of para-hydroxylation sites is 1. The zero-order chi connectivity index (χ0) is 39.0. The molecule has 5 rings (SSSR count). The number of nitrogens with zero attached hydrogens (tertiary/aromatic N) is 5. The summed E-state index contributed by atoms with van der Waals surface area (Å²) in [7, 11) is -4.11. The average molecular weight is 757 g/mol. The van der Waals surface area contributed by atoms with Crippen molar-refractivity contribution in [3.8, 4) is 0 Å².